The van der Waals surface area contributed by atoms with E-state index in [4.69, 9.17) is 20.2 Å². The second-order valence-corrected chi connectivity index (χ2v) is 6.99. The van der Waals surface area contributed by atoms with E-state index in [0.717, 1.165) is 11.1 Å². The minimum atomic E-state index is -3.16. The van der Waals surface area contributed by atoms with Gasteiger partial charge in [0.2, 0.25) is 6.35 Å². The van der Waals surface area contributed by atoms with Crippen LogP contribution in [0.5, 0.6) is 5.75 Å². The Labute approximate surface area is 160 Å². The first-order valence-electron chi connectivity index (χ1n) is 8.17. The van der Waals surface area contributed by atoms with E-state index in [0.29, 0.717) is 0 Å². The number of nitrogens with one attached hydrogen (secondary N) is 1. The van der Waals surface area contributed by atoms with E-state index in [1.807, 2.05) is 0 Å². The lowest BCUT2D eigenvalue weighted by Crippen LogP contribution is -2.54. The molecule has 2 aliphatic rings. The molecule has 28 heavy (non-hydrogen) atoms. The van der Waals surface area contributed by atoms with Gasteiger partial charge in [0.05, 0.1) is 0 Å². The summed E-state index contributed by atoms with van der Waals surface area (Å²) in [5.74, 6) is -1.27. The topological polar surface area (TPSA) is 97.3 Å². The van der Waals surface area contributed by atoms with Crippen molar-refractivity contribution in [3.63, 3.8) is 0 Å². The molecule has 5 atom stereocenters. The fourth-order valence-corrected chi connectivity index (χ4v) is 3.37. The Morgan fingerprint density at radius 2 is 2.18 bits per heavy atom. The number of ether oxygens (including phenoxy) is 1. The average Bonchev–Trinajstić information content (AvgIpc) is 2.96. The van der Waals surface area contributed by atoms with Gasteiger partial charge in [-0.2, -0.15) is 0 Å². The Morgan fingerprint density at radius 1 is 1.46 bits per heavy atom. The zero-order valence-corrected chi connectivity index (χ0v) is 15.4. The number of para-hydroxylation sites is 1. The van der Waals surface area contributed by atoms with Crippen LogP contribution in [-0.4, -0.2) is 47.1 Å². The SMILES string of the molecule is C#CC1=CN([C@H]2C[C@H](F)[C@@](F)(CO[PH](=O)Oc3ccccc3)O2)C(O)NC1=O. The minimum Gasteiger partial charge on any atom is -0.426 e. The lowest BCUT2D eigenvalue weighted by Gasteiger charge is -2.35. The lowest BCUT2D eigenvalue weighted by molar-refractivity contribution is -0.214. The number of nitrogens with zero attached hydrogens (tertiary/aromatic N) is 1. The van der Waals surface area contributed by atoms with Crippen LogP contribution in [-0.2, 0) is 18.6 Å². The molecule has 3 rings (SSSR count). The number of aliphatic hydroxyl groups excluding tert-OH is 1. The molecule has 0 bridgehead atoms. The van der Waals surface area contributed by atoms with Gasteiger partial charge in [0.15, 0.2) is 6.17 Å². The van der Waals surface area contributed by atoms with E-state index in [1.165, 1.54) is 12.1 Å². The van der Waals surface area contributed by atoms with Crippen LogP contribution in [0.4, 0.5) is 8.78 Å². The van der Waals surface area contributed by atoms with E-state index >= 15 is 0 Å². The highest BCUT2D eigenvalue weighted by atomic mass is 31.1. The lowest BCUT2D eigenvalue weighted by atomic mass is 10.1. The molecule has 2 aliphatic heterocycles. The number of hydrogen-bond acceptors (Lipinski definition) is 7. The summed E-state index contributed by atoms with van der Waals surface area (Å²) in [6.45, 7) is -0.989. The predicted octanol–water partition coefficient (Wildman–Crippen LogP) is 1.45. The molecule has 2 heterocycles. The molecule has 1 saturated heterocycles. The van der Waals surface area contributed by atoms with Crippen molar-refractivity contribution in [2.75, 3.05) is 6.61 Å². The molecule has 1 amide bonds. The summed E-state index contributed by atoms with van der Waals surface area (Å²) >= 11 is 0. The first-order valence-corrected chi connectivity index (χ1v) is 9.40. The number of benzene rings is 1. The summed E-state index contributed by atoms with van der Waals surface area (Å²) in [4.78, 5) is 12.5. The Morgan fingerprint density at radius 3 is 2.86 bits per heavy atom. The molecule has 0 aromatic heterocycles. The smallest absolute Gasteiger partial charge is 0.368 e. The highest BCUT2D eigenvalue weighted by molar-refractivity contribution is 7.33. The van der Waals surface area contributed by atoms with Crippen molar-refractivity contribution in [1.82, 2.24) is 10.2 Å². The number of hydrogen-bond donors (Lipinski definition) is 2. The van der Waals surface area contributed by atoms with Gasteiger partial charge < -0.3 is 24.6 Å². The maximum absolute atomic E-state index is 14.8. The van der Waals surface area contributed by atoms with Gasteiger partial charge in [0.1, 0.15) is 24.2 Å². The number of carbonyl (C=O) groups excluding carboxylic acids is 1. The summed E-state index contributed by atoms with van der Waals surface area (Å²) in [5.41, 5.74) is -0.141. The van der Waals surface area contributed by atoms with Gasteiger partial charge in [-0.25, -0.2) is 13.3 Å². The molecule has 1 aromatic rings. The Balaban J connectivity index is 1.62. The van der Waals surface area contributed by atoms with Crippen molar-refractivity contribution in [1.29, 1.82) is 0 Å². The third-order valence-electron chi connectivity index (χ3n) is 4.09. The van der Waals surface area contributed by atoms with Gasteiger partial charge in [-0.15, -0.1) is 6.42 Å². The van der Waals surface area contributed by atoms with Crippen LogP contribution in [0, 0.1) is 12.3 Å². The zero-order valence-electron chi connectivity index (χ0n) is 14.4. The molecule has 0 spiro atoms. The van der Waals surface area contributed by atoms with Crippen LogP contribution in [0.25, 0.3) is 0 Å². The maximum Gasteiger partial charge on any atom is 0.368 e. The molecule has 0 radical (unpaired) electrons. The second-order valence-electron chi connectivity index (χ2n) is 6.00. The first-order chi connectivity index (χ1) is 13.3. The second kappa shape index (κ2) is 8.29. The van der Waals surface area contributed by atoms with Crippen LogP contribution >= 0.6 is 8.25 Å². The summed E-state index contributed by atoms with van der Waals surface area (Å²) in [6.07, 6.45) is 0.779. The van der Waals surface area contributed by atoms with Gasteiger partial charge in [-0.1, -0.05) is 24.1 Å². The van der Waals surface area contributed by atoms with Gasteiger partial charge in [0.25, 0.3) is 11.8 Å². The standard InChI is InChI=1S/C17H17F2N2O6P/c1-2-11-9-21(16(23)20-15(11)22)14-8-13(18)17(19,26-14)10-25-28(24)27-12-6-4-3-5-7-12/h1,3-7,9,13-14,16,23,28H,8,10H2,(H,20,22)/t13-,14+,16?,17+/m0/s1. The van der Waals surface area contributed by atoms with Gasteiger partial charge in [-0.3, -0.25) is 9.32 Å². The van der Waals surface area contributed by atoms with Crippen molar-refractivity contribution < 1.29 is 37.0 Å². The monoisotopic (exact) mass is 414 g/mol. The Hall–Kier alpha value is -2.44. The van der Waals surface area contributed by atoms with Crippen LogP contribution in [0.2, 0.25) is 0 Å². The fourth-order valence-electron chi connectivity index (χ4n) is 2.67. The molecular formula is C17H17F2N2O6P. The van der Waals surface area contributed by atoms with E-state index in [2.05, 4.69) is 11.2 Å². The summed E-state index contributed by atoms with van der Waals surface area (Å²) < 4.78 is 55.8. The average molecular weight is 414 g/mol. The molecular weight excluding hydrogens is 397 g/mol. The number of rotatable bonds is 6. The highest BCUT2D eigenvalue weighted by Gasteiger charge is 2.53. The number of halogens is 2. The molecule has 2 unspecified atom stereocenters. The predicted molar refractivity (Wildman–Crippen MR) is 93.2 cm³/mol. The molecule has 0 aliphatic carbocycles. The van der Waals surface area contributed by atoms with Crippen molar-refractivity contribution in [3.05, 3.63) is 42.1 Å². The molecule has 1 fully saturated rings. The third-order valence-corrected chi connectivity index (χ3v) is 4.88. The number of carbonyl (C=O) groups is 1. The fraction of sp³-hybridized carbons (Fsp3) is 0.353. The molecule has 8 nitrogen and oxygen atoms in total. The first kappa shape index (κ1) is 20.3. The molecule has 11 heteroatoms. The van der Waals surface area contributed by atoms with E-state index in [1.54, 1.807) is 18.2 Å². The normalized spacial score (nSPS) is 30.9. The third kappa shape index (κ3) is 4.34. The molecule has 150 valence electrons. The Kier molecular flexibility index (Phi) is 6.01. The van der Waals surface area contributed by atoms with Crippen LogP contribution in [0.1, 0.15) is 6.42 Å². The zero-order chi connectivity index (χ0) is 20.3. The van der Waals surface area contributed by atoms with Crippen LogP contribution in [0.3, 0.4) is 0 Å². The minimum absolute atomic E-state index is 0.141. The summed E-state index contributed by atoms with van der Waals surface area (Å²) in [6, 6.07) is 8.06. The number of amides is 1. The number of alkyl halides is 2. The largest absolute Gasteiger partial charge is 0.426 e. The van der Waals surface area contributed by atoms with Gasteiger partial charge in [0, 0.05) is 12.6 Å². The van der Waals surface area contributed by atoms with Crippen LogP contribution in [0.15, 0.2) is 42.1 Å². The van der Waals surface area contributed by atoms with Crippen molar-refractivity contribution >= 4 is 14.2 Å². The van der Waals surface area contributed by atoms with Crippen LogP contribution < -0.4 is 9.84 Å². The summed E-state index contributed by atoms with van der Waals surface area (Å²) in [7, 11) is -3.16. The van der Waals surface area contributed by atoms with E-state index in [-0.39, 0.29) is 11.3 Å². The number of terminal acetylenes is 1. The number of aliphatic hydroxyl groups is 1. The molecule has 0 saturated carbocycles. The Bertz CT molecular complexity index is 833. The van der Waals surface area contributed by atoms with E-state index < -0.39 is 51.8 Å². The van der Waals surface area contributed by atoms with Crippen molar-refractivity contribution in [3.8, 4) is 18.1 Å². The molecule has 2 N–H and O–H groups in total. The quantitative estimate of drug-likeness (QED) is 0.537. The summed E-state index contributed by atoms with van der Waals surface area (Å²) in [5, 5.41) is 12.0. The molecule has 1 aromatic carbocycles. The van der Waals surface area contributed by atoms with Gasteiger partial charge >= 0.3 is 8.25 Å². The van der Waals surface area contributed by atoms with Crippen molar-refractivity contribution in [2.45, 2.75) is 31.0 Å². The van der Waals surface area contributed by atoms with Crippen molar-refractivity contribution in [2.24, 2.45) is 0 Å². The highest BCUT2D eigenvalue weighted by Crippen LogP contribution is 2.40. The maximum atomic E-state index is 14.8. The van der Waals surface area contributed by atoms with Gasteiger partial charge in [-0.05, 0) is 12.1 Å². The van der Waals surface area contributed by atoms with E-state index in [9.17, 15) is 23.2 Å².